The highest BCUT2D eigenvalue weighted by Crippen LogP contribution is 2.37. The van der Waals surface area contributed by atoms with Gasteiger partial charge in [0.15, 0.2) is 0 Å². The van der Waals surface area contributed by atoms with Crippen LogP contribution in [0.3, 0.4) is 0 Å². The number of benzene rings is 1. The predicted molar refractivity (Wildman–Crippen MR) is 164 cm³/mol. The maximum atomic E-state index is 14.3. The van der Waals surface area contributed by atoms with Gasteiger partial charge >= 0.3 is 6.09 Å². The van der Waals surface area contributed by atoms with Crippen LogP contribution in [-0.4, -0.2) is 62.8 Å². The molecule has 0 bridgehead atoms. The van der Waals surface area contributed by atoms with Crippen LogP contribution < -0.4 is 15.5 Å². The molecule has 2 saturated carbocycles. The zero-order valence-electron chi connectivity index (χ0n) is 25.8. The van der Waals surface area contributed by atoms with Crippen LogP contribution in [0.5, 0.6) is 5.75 Å². The summed E-state index contributed by atoms with van der Waals surface area (Å²) in [5, 5.41) is 5.29. The fourth-order valence-corrected chi connectivity index (χ4v) is 6.54. The molecule has 1 aromatic carbocycles. The van der Waals surface area contributed by atoms with Gasteiger partial charge in [-0.25, -0.2) is 24.2 Å². The van der Waals surface area contributed by atoms with Crippen LogP contribution >= 0.6 is 0 Å². The minimum Gasteiger partial charge on any atom is -0.493 e. The number of rotatable bonds is 8. The lowest BCUT2D eigenvalue weighted by Gasteiger charge is -2.42. The van der Waals surface area contributed by atoms with Crippen molar-refractivity contribution < 1.29 is 23.5 Å². The molecule has 1 saturated heterocycles. The molecule has 3 N–H and O–H groups in total. The zero-order valence-corrected chi connectivity index (χ0v) is 25.8. The van der Waals surface area contributed by atoms with Gasteiger partial charge in [-0.3, -0.25) is 10.2 Å². The average molecular weight is 607 g/mol. The molecule has 1 unspecified atom stereocenters. The lowest BCUT2D eigenvalue weighted by atomic mass is 9.78. The third-order valence-electron chi connectivity index (χ3n) is 8.91. The fraction of sp³-hybridized carbons (Fsp3) is 0.576. The first-order chi connectivity index (χ1) is 21.1. The maximum absolute atomic E-state index is 14.3. The van der Waals surface area contributed by atoms with Crippen LogP contribution in [-0.2, 0) is 4.74 Å². The minimum atomic E-state index is -0.545. The summed E-state index contributed by atoms with van der Waals surface area (Å²) >= 11 is 0. The molecule has 2 aliphatic carbocycles. The van der Waals surface area contributed by atoms with E-state index in [-0.39, 0.29) is 23.8 Å². The Labute approximate surface area is 257 Å². The van der Waals surface area contributed by atoms with Crippen molar-refractivity contribution in [2.75, 3.05) is 13.2 Å². The van der Waals surface area contributed by atoms with Crippen LogP contribution in [0, 0.1) is 17.7 Å². The summed E-state index contributed by atoms with van der Waals surface area (Å²) in [7, 11) is 0. The van der Waals surface area contributed by atoms with Gasteiger partial charge < -0.3 is 19.8 Å². The molecule has 44 heavy (non-hydrogen) atoms. The number of hydrogen-bond acceptors (Lipinski definition) is 7. The van der Waals surface area contributed by atoms with E-state index in [2.05, 4.69) is 30.7 Å². The van der Waals surface area contributed by atoms with Gasteiger partial charge in [-0.15, -0.1) is 0 Å². The number of aromatic amines is 1. The van der Waals surface area contributed by atoms with Crippen molar-refractivity contribution in [3.05, 3.63) is 42.1 Å². The average Bonchev–Trinajstić information content (AvgIpc) is 3.71. The van der Waals surface area contributed by atoms with Crippen LogP contribution in [0.25, 0.3) is 22.3 Å². The summed E-state index contributed by atoms with van der Waals surface area (Å²) in [6, 6.07) is 4.74. The molecule has 2 amide bonds. The largest absolute Gasteiger partial charge is 0.493 e. The van der Waals surface area contributed by atoms with Gasteiger partial charge in [0.05, 0.1) is 17.7 Å². The Kier molecular flexibility index (Phi) is 8.75. The Balaban J connectivity index is 1.10. The lowest BCUT2D eigenvalue weighted by molar-refractivity contribution is -0.000157. The third kappa shape index (κ3) is 7.14. The van der Waals surface area contributed by atoms with E-state index < -0.39 is 11.7 Å². The Morgan fingerprint density at radius 1 is 1.07 bits per heavy atom. The van der Waals surface area contributed by atoms with Crippen molar-refractivity contribution in [1.82, 2.24) is 30.7 Å². The van der Waals surface area contributed by atoms with E-state index in [0.717, 1.165) is 64.3 Å². The van der Waals surface area contributed by atoms with Crippen LogP contribution in [0.1, 0.15) is 88.9 Å². The second-order valence-corrected chi connectivity index (χ2v) is 13.5. The van der Waals surface area contributed by atoms with E-state index in [4.69, 9.17) is 9.47 Å². The molecule has 3 aromatic rings. The molecular weight excluding hydrogens is 563 g/mol. The number of aromatic nitrogens is 3. The monoisotopic (exact) mass is 606 g/mol. The number of carbonyl (C=O) groups excluding carboxylic acids is 2. The molecule has 2 aromatic heterocycles. The third-order valence-corrected chi connectivity index (χ3v) is 8.91. The van der Waals surface area contributed by atoms with Gasteiger partial charge in [0.25, 0.3) is 5.91 Å². The number of amides is 2. The number of piperidine rings is 1. The second kappa shape index (κ2) is 12.7. The SMILES string of the molecule is CC(C)(C)OC(=O)NN1CCCCC1C1CCC(NC(=O)c2c[nH]c3c(-c4cc(F)ccc4OCC4CC4)ncnc23)CC1. The van der Waals surface area contributed by atoms with Gasteiger partial charge in [0.2, 0.25) is 0 Å². The van der Waals surface area contributed by atoms with Gasteiger partial charge in [0, 0.05) is 30.4 Å². The van der Waals surface area contributed by atoms with Gasteiger partial charge in [-0.1, -0.05) is 6.42 Å². The summed E-state index contributed by atoms with van der Waals surface area (Å²) in [4.78, 5) is 38.0. The number of nitrogens with zero attached hydrogens (tertiary/aromatic N) is 3. The summed E-state index contributed by atoms with van der Waals surface area (Å²) in [5.41, 5.74) is 4.97. The molecule has 3 heterocycles. The maximum Gasteiger partial charge on any atom is 0.422 e. The van der Waals surface area contributed by atoms with Crippen molar-refractivity contribution in [1.29, 1.82) is 0 Å². The standard InChI is InChI=1S/C33H43FN6O4/c1-33(2,3)44-32(42)39-40-15-5-4-6-26(40)21-9-12-23(13-10-21)38-31(41)25-17-35-30-28(36-19-37-29(25)30)24-16-22(34)11-14-27(24)43-18-20-7-8-20/h11,14,16-17,19-21,23,26,35H,4-10,12-13,15,18H2,1-3H3,(H,38,41)(H,39,42). The molecule has 0 radical (unpaired) electrons. The van der Waals surface area contributed by atoms with Crippen molar-refractivity contribution >= 4 is 23.0 Å². The van der Waals surface area contributed by atoms with Crippen LogP contribution in [0.2, 0.25) is 0 Å². The Hall–Kier alpha value is -3.73. The predicted octanol–water partition coefficient (Wildman–Crippen LogP) is 6.14. The van der Waals surface area contributed by atoms with E-state index in [1.807, 2.05) is 20.8 Å². The number of carbonyl (C=O) groups is 2. The first kappa shape index (κ1) is 30.3. The number of hydrazine groups is 1. The minimum absolute atomic E-state index is 0.0477. The molecule has 1 aliphatic heterocycles. The molecule has 236 valence electrons. The molecule has 3 fully saturated rings. The van der Waals surface area contributed by atoms with Crippen molar-refractivity contribution in [3.63, 3.8) is 0 Å². The van der Waals surface area contributed by atoms with Crippen molar-refractivity contribution in [2.45, 2.75) is 96.2 Å². The quantitative estimate of drug-likeness (QED) is 0.282. The molecule has 0 spiro atoms. The molecule has 10 nitrogen and oxygen atoms in total. The number of hydrogen-bond donors (Lipinski definition) is 3. The molecular formula is C33H43FN6O4. The Morgan fingerprint density at radius 2 is 1.86 bits per heavy atom. The highest BCUT2D eigenvalue weighted by atomic mass is 19.1. The van der Waals surface area contributed by atoms with E-state index in [9.17, 15) is 14.0 Å². The van der Waals surface area contributed by atoms with E-state index >= 15 is 0 Å². The number of fused-ring (bicyclic) bond motifs is 1. The summed E-state index contributed by atoms with van der Waals surface area (Å²) in [5.74, 6) is 0.963. The summed E-state index contributed by atoms with van der Waals surface area (Å²) < 4.78 is 25.8. The molecule has 1 atom stereocenters. The number of nitrogens with one attached hydrogen (secondary N) is 3. The van der Waals surface area contributed by atoms with E-state index in [1.165, 1.54) is 18.5 Å². The second-order valence-electron chi connectivity index (χ2n) is 13.5. The number of H-pyrrole nitrogens is 1. The smallest absolute Gasteiger partial charge is 0.422 e. The Morgan fingerprint density at radius 3 is 2.61 bits per heavy atom. The first-order valence-corrected chi connectivity index (χ1v) is 16.0. The van der Waals surface area contributed by atoms with Crippen molar-refractivity contribution in [3.8, 4) is 17.0 Å². The van der Waals surface area contributed by atoms with Crippen LogP contribution in [0.15, 0.2) is 30.7 Å². The number of halogens is 1. The van der Waals surface area contributed by atoms with E-state index in [0.29, 0.717) is 52.0 Å². The van der Waals surface area contributed by atoms with Gasteiger partial charge in [-0.2, -0.15) is 0 Å². The summed E-state index contributed by atoms with van der Waals surface area (Å²) in [6.45, 7) is 7.00. The van der Waals surface area contributed by atoms with Crippen molar-refractivity contribution in [2.24, 2.45) is 11.8 Å². The topological polar surface area (TPSA) is 121 Å². The lowest BCUT2D eigenvalue weighted by Crippen LogP contribution is -2.55. The molecule has 6 rings (SSSR count). The normalized spacial score (nSPS) is 22.9. The van der Waals surface area contributed by atoms with Gasteiger partial charge in [-0.05, 0) is 102 Å². The molecule has 11 heteroatoms. The van der Waals surface area contributed by atoms with Gasteiger partial charge in [0.1, 0.15) is 34.7 Å². The van der Waals surface area contributed by atoms with Crippen LogP contribution in [0.4, 0.5) is 9.18 Å². The highest BCUT2D eigenvalue weighted by molar-refractivity contribution is 6.07. The number of ether oxygens (including phenoxy) is 2. The summed E-state index contributed by atoms with van der Waals surface area (Å²) in [6.07, 6.45) is 11.8. The fourth-order valence-electron chi connectivity index (χ4n) is 6.54. The zero-order chi connectivity index (χ0) is 30.8. The van der Waals surface area contributed by atoms with E-state index in [1.54, 1.807) is 12.3 Å². The molecule has 3 aliphatic rings. The Bertz CT molecular complexity index is 1490. The first-order valence-electron chi connectivity index (χ1n) is 16.0. The highest BCUT2D eigenvalue weighted by Gasteiger charge is 2.35.